The third-order valence-corrected chi connectivity index (χ3v) is 7.05. The van der Waals surface area contributed by atoms with Gasteiger partial charge >= 0.3 is 0 Å². The summed E-state index contributed by atoms with van der Waals surface area (Å²) in [4.78, 5) is 29.6. The van der Waals surface area contributed by atoms with E-state index in [4.69, 9.17) is 0 Å². The summed E-state index contributed by atoms with van der Waals surface area (Å²) in [5.41, 5.74) is 0.971. The Labute approximate surface area is 170 Å². The summed E-state index contributed by atoms with van der Waals surface area (Å²) < 4.78 is 14.4. The standard InChI is InChI=1S/C24H25FN2O2/c1-16(28)27-14-18-13-26(15-19(18)22(27)17-7-3-2-4-8-17)23(29)24(11-12-24)20-9-5-6-10-21(20)25/h2-10,18-19,22H,11-15H2,1H3/t18-,19-,22-/m1/s1. The van der Waals surface area contributed by atoms with Gasteiger partial charge in [0.15, 0.2) is 0 Å². The Morgan fingerprint density at radius 2 is 1.66 bits per heavy atom. The Morgan fingerprint density at radius 1 is 0.966 bits per heavy atom. The summed E-state index contributed by atoms with van der Waals surface area (Å²) >= 11 is 0. The third-order valence-electron chi connectivity index (χ3n) is 7.05. The van der Waals surface area contributed by atoms with E-state index in [-0.39, 0.29) is 35.5 Å². The Kier molecular flexibility index (Phi) is 4.23. The van der Waals surface area contributed by atoms with Crippen LogP contribution in [0.2, 0.25) is 0 Å². The van der Waals surface area contributed by atoms with Gasteiger partial charge in [-0.2, -0.15) is 0 Å². The van der Waals surface area contributed by atoms with E-state index in [1.165, 1.54) is 6.07 Å². The van der Waals surface area contributed by atoms with Crippen molar-refractivity contribution in [2.24, 2.45) is 11.8 Å². The number of likely N-dealkylation sites (tertiary alicyclic amines) is 2. The molecule has 5 rings (SSSR count). The zero-order valence-corrected chi connectivity index (χ0v) is 16.6. The van der Waals surface area contributed by atoms with E-state index in [9.17, 15) is 14.0 Å². The normalized spacial score (nSPS) is 27.0. The third kappa shape index (κ3) is 2.86. The molecule has 4 nitrogen and oxygen atoms in total. The van der Waals surface area contributed by atoms with Crippen molar-refractivity contribution in [2.75, 3.05) is 19.6 Å². The number of hydrogen-bond donors (Lipinski definition) is 0. The fourth-order valence-corrected chi connectivity index (χ4v) is 5.49. The van der Waals surface area contributed by atoms with Crippen molar-refractivity contribution in [1.29, 1.82) is 0 Å². The lowest BCUT2D eigenvalue weighted by molar-refractivity contribution is -0.134. The molecule has 1 saturated carbocycles. The van der Waals surface area contributed by atoms with Crippen molar-refractivity contribution >= 4 is 11.8 Å². The summed E-state index contributed by atoms with van der Waals surface area (Å²) in [5.74, 6) is 0.336. The summed E-state index contributed by atoms with van der Waals surface area (Å²) in [7, 11) is 0. The first-order valence-corrected chi connectivity index (χ1v) is 10.4. The largest absolute Gasteiger partial charge is 0.341 e. The average Bonchev–Trinajstić information content (AvgIpc) is 3.29. The van der Waals surface area contributed by atoms with Gasteiger partial charge in [-0.25, -0.2) is 4.39 Å². The van der Waals surface area contributed by atoms with Gasteiger partial charge in [0.1, 0.15) is 5.82 Å². The second kappa shape index (κ2) is 6.68. The molecule has 2 amide bonds. The predicted octanol–water partition coefficient (Wildman–Crippen LogP) is 3.54. The van der Waals surface area contributed by atoms with E-state index in [2.05, 4.69) is 12.1 Å². The topological polar surface area (TPSA) is 40.6 Å². The number of carbonyl (C=O) groups excluding carboxylic acids is 2. The molecule has 29 heavy (non-hydrogen) atoms. The zero-order valence-electron chi connectivity index (χ0n) is 16.6. The molecule has 0 bridgehead atoms. The van der Waals surface area contributed by atoms with Gasteiger partial charge in [-0.05, 0) is 24.5 Å². The molecule has 0 radical (unpaired) electrons. The molecule has 5 heteroatoms. The van der Waals surface area contributed by atoms with Crippen LogP contribution in [-0.2, 0) is 15.0 Å². The van der Waals surface area contributed by atoms with Gasteiger partial charge in [-0.3, -0.25) is 9.59 Å². The molecular formula is C24H25FN2O2. The van der Waals surface area contributed by atoms with E-state index in [0.29, 0.717) is 38.0 Å². The number of amides is 2. The molecule has 2 aliphatic heterocycles. The molecule has 0 spiro atoms. The predicted molar refractivity (Wildman–Crippen MR) is 107 cm³/mol. The van der Waals surface area contributed by atoms with Crippen molar-refractivity contribution in [3.63, 3.8) is 0 Å². The molecule has 2 aromatic rings. The highest BCUT2D eigenvalue weighted by atomic mass is 19.1. The molecule has 2 aromatic carbocycles. The second-order valence-corrected chi connectivity index (χ2v) is 8.72. The molecule has 2 saturated heterocycles. The molecule has 150 valence electrons. The van der Waals surface area contributed by atoms with Gasteiger partial charge in [0.05, 0.1) is 11.5 Å². The van der Waals surface area contributed by atoms with Crippen molar-refractivity contribution in [3.8, 4) is 0 Å². The lowest BCUT2D eigenvalue weighted by atomic mass is 9.89. The van der Waals surface area contributed by atoms with Crippen molar-refractivity contribution in [3.05, 3.63) is 71.5 Å². The van der Waals surface area contributed by atoms with Gasteiger partial charge < -0.3 is 9.80 Å². The van der Waals surface area contributed by atoms with E-state index in [1.54, 1.807) is 25.1 Å². The molecule has 1 aliphatic carbocycles. The van der Waals surface area contributed by atoms with Crippen molar-refractivity contribution in [1.82, 2.24) is 9.80 Å². The van der Waals surface area contributed by atoms with Crippen LogP contribution in [0.25, 0.3) is 0 Å². The zero-order chi connectivity index (χ0) is 20.2. The Morgan fingerprint density at radius 3 is 2.31 bits per heavy atom. The number of carbonyl (C=O) groups is 2. The smallest absolute Gasteiger partial charge is 0.233 e. The first-order valence-electron chi connectivity index (χ1n) is 10.4. The van der Waals surface area contributed by atoms with Gasteiger partial charge in [0, 0.05) is 44.0 Å². The van der Waals surface area contributed by atoms with E-state index in [0.717, 1.165) is 5.56 Å². The molecule has 0 aromatic heterocycles. The van der Waals surface area contributed by atoms with Gasteiger partial charge in [0.25, 0.3) is 0 Å². The number of benzene rings is 2. The minimum atomic E-state index is -0.688. The van der Waals surface area contributed by atoms with Crippen molar-refractivity contribution < 1.29 is 14.0 Å². The Bertz CT molecular complexity index is 956. The highest BCUT2D eigenvalue weighted by molar-refractivity contribution is 5.91. The Hall–Kier alpha value is -2.69. The van der Waals surface area contributed by atoms with Crippen LogP contribution in [0.5, 0.6) is 0 Å². The van der Waals surface area contributed by atoms with Crippen LogP contribution in [0, 0.1) is 17.7 Å². The summed E-state index contributed by atoms with van der Waals surface area (Å²) in [6.07, 6.45) is 1.42. The lowest BCUT2D eigenvalue weighted by Crippen LogP contribution is -2.41. The Balaban J connectivity index is 1.41. The van der Waals surface area contributed by atoms with Crippen LogP contribution in [0.4, 0.5) is 4.39 Å². The van der Waals surface area contributed by atoms with Crippen LogP contribution < -0.4 is 0 Å². The SMILES string of the molecule is CC(=O)N1C[C@H]2CN(C(=O)C3(c4ccccc4F)CC3)C[C@H]2[C@H]1c1ccccc1. The van der Waals surface area contributed by atoms with Crippen LogP contribution in [0.15, 0.2) is 54.6 Å². The highest BCUT2D eigenvalue weighted by Gasteiger charge is 2.57. The van der Waals surface area contributed by atoms with Crippen LogP contribution >= 0.6 is 0 Å². The van der Waals surface area contributed by atoms with Crippen molar-refractivity contribution in [2.45, 2.75) is 31.2 Å². The fourth-order valence-electron chi connectivity index (χ4n) is 5.49. The van der Waals surface area contributed by atoms with E-state index >= 15 is 0 Å². The summed E-state index contributed by atoms with van der Waals surface area (Å²) in [6.45, 7) is 3.57. The lowest BCUT2D eigenvalue weighted by Gasteiger charge is -2.30. The first kappa shape index (κ1) is 18.3. The first-order chi connectivity index (χ1) is 14.0. The minimum Gasteiger partial charge on any atom is -0.341 e. The number of rotatable bonds is 3. The maximum absolute atomic E-state index is 14.4. The number of nitrogens with zero attached hydrogens (tertiary/aromatic N) is 2. The average molecular weight is 392 g/mol. The quantitative estimate of drug-likeness (QED) is 0.802. The maximum atomic E-state index is 14.4. The van der Waals surface area contributed by atoms with E-state index < -0.39 is 5.41 Å². The molecular weight excluding hydrogens is 367 g/mol. The summed E-state index contributed by atoms with van der Waals surface area (Å²) in [5, 5.41) is 0. The fraction of sp³-hybridized carbons (Fsp3) is 0.417. The molecule has 3 atom stereocenters. The molecule has 2 heterocycles. The van der Waals surface area contributed by atoms with Crippen LogP contribution in [-0.4, -0.2) is 41.2 Å². The molecule has 0 N–H and O–H groups in total. The van der Waals surface area contributed by atoms with Gasteiger partial charge in [0.2, 0.25) is 11.8 Å². The number of halogens is 1. The number of fused-ring (bicyclic) bond motifs is 1. The second-order valence-electron chi connectivity index (χ2n) is 8.72. The monoisotopic (exact) mass is 392 g/mol. The van der Waals surface area contributed by atoms with Gasteiger partial charge in [-0.1, -0.05) is 48.5 Å². The minimum absolute atomic E-state index is 0.000106. The van der Waals surface area contributed by atoms with E-state index in [1.807, 2.05) is 28.0 Å². The molecule has 0 unspecified atom stereocenters. The highest BCUT2D eigenvalue weighted by Crippen LogP contribution is 2.52. The molecule has 3 fully saturated rings. The summed E-state index contributed by atoms with van der Waals surface area (Å²) in [6, 6.07) is 16.8. The molecule has 3 aliphatic rings. The maximum Gasteiger partial charge on any atom is 0.233 e. The van der Waals surface area contributed by atoms with Gasteiger partial charge in [-0.15, -0.1) is 0 Å². The van der Waals surface area contributed by atoms with Crippen LogP contribution in [0.1, 0.15) is 36.9 Å². The van der Waals surface area contributed by atoms with Crippen LogP contribution in [0.3, 0.4) is 0 Å². The number of hydrogen-bond acceptors (Lipinski definition) is 2.